The van der Waals surface area contributed by atoms with Gasteiger partial charge in [0, 0.05) is 32.6 Å². The summed E-state index contributed by atoms with van der Waals surface area (Å²) >= 11 is 7.83. The molecule has 1 fully saturated rings. The highest BCUT2D eigenvalue weighted by Crippen LogP contribution is 2.37. The topological polar surface area (TPSA) is 53.5 Å². The van der Waals surface area contributed by atoms with Crippen molar-refractivity contribution in [3.8, 4) is 0 Å². The van der Waals surface area contributed by atoms with E-state index in [2.05, 4.69) is 9.88 Å². The number of thiazole rings is 1. The molecule has 0 saturated carbocycles. The molecule has 2 heterocycles. The third kappa shape index (κ3) is 2.95. The van der Waals surface area contributed by atoms with E-state index in [9.17, 15) is 8.42 Å². The number of hydrogen-bond acceptors (Lipinski definition) is 5. The van der Waals surface area contributed by atoms with Crippen LogP contribution < -0.4 is 4.90 Å². The monoisotopic (exact) mass is 359 g/mol. The van der Waals surface area contributed by atoms with E-state index >= 15 is 0 Å². The maximum absolute atomic E-state index is 11.4. The number of halogens is 1. The van der Waals surface area contributed by atoms with Crippen molar-refractivity contribution >= 4 is 48.3 Å². The molecule has 5 nitrogen and oxygen atoms in total. The molecule has 1 aromatic carbocycles. The first-order valence-electron chi connectivity index (χ1n) is 6.97. The summed E-state index contributed by atoms with van der Waals surface area (Å²) in [7, 11) is -1.48. The van der Waals surface area contributed by atoms with Gasteiger partial charge in [-0.1, -0.05) is 29.0 Å². The molecule has 0 radical (unpaired) electrons. The summed E-state index contributed by atoms with van der Waals surface area (Å²) in [5.74, 6) is 0.350. The number of aromatic nitrogens is 1. The number of benzene rings is 1. The third-order valence-corrected chi connectivity index (χ3v) is 6.85. The average Bonchev–Trinajstić information content (AvgIpc) is 2.82. The fourth-order valence-corrected chi connectivity index (χ4v) is 4.38. The Bertz CT molecular complexity index is 774. The Hall–Kier alpha value is -0.890. The van der Waals surface area contributed by atoms with Crippen molar-refractivity contribution in [3.05, 3.63) is 22.7 Å². The quantitative estimate of drug-likeness (QED) is 0.842. The molecule has 0 amide bonds. The lowest BCUT2D eigenvalue weighted by atomic mass is 10.0. The van der Waals surface area contributed by atoms with Crippen LogP contribution in [0.1, 0.15) is 5.56 Å². The number of hydrogen-bond donors (Lipinski definition) is 0. The number of sulfonamides is 1. The highest BCUT2D eigenvalue weighted by Gasteiger charge is 2.31. The minimum Gasteiger partial charge on any atom is -0.347 e. The second-order valence-corrected chi connectivity index (χ2v) is 9.33. The Morgan fingerprint density at radius 2 is 2.14 bits per heavy atom. The van der Waals surface area contributed by atoms with Gasteiger partial charge in [-0.25, -0.2) is 17.7 Å². The largest absolute Gasteiger partial charge is 0.347 e. The molecule has 2 aromatic rings. The van der Waals surface area contributed by atoms with Gasteiger partial charge in [0.25, 0.3) is 0 Å². The van der Waals surface area contributed by atoms with E-state index in [4.69, 9.17) is 11.6 Å². The van der Waals surface area contributed by atoms with Crippen LogP contribution in [0.5, 0.6) is 0 Å². The molecule has 0 aliphatic carbocycles. The van der Waals surface area contributed by atoms with Crippen LogP contribution in [-0.2, 0) is 10.0 Å². The third-order valence-electron chi connectivity index (χ3n) is 4.00. The standard InChI is InChI=1S/C14H18ClN3O2S2/c1-9-4-5-11(15)13-12(9)16-14(21-13)18-7-10(8-18)6-17(2)22(3,19)20/h4-5,10H,6-8H2,1-3H3. The zero-order valence-corrected chi connectivity index (χ0v) is 15.1. The summed E-state index contributed by atoms with van der Waals surface area (Å²) in [6.07, 6.45) is 1.24. The second-order valence-electron chi connectivity index (χ2n) is 5.85. The van der Waals surface area contributed by atoms with Crippen LogP contribution in [-0.4, -0.2) is 50.6 Å². The predicted octanol–water partition coefficient (Wildman–Crippen LogP) is 2.59. The Labute approximate surface area is 139 Å². The van der Waals surface area contributed by atoms with Gasteiger partial charge >= 0.3 is 0 Å². The molecule has 1 aromatic heterocycles. The summed E-state index contributed by atoms with van der Waals surface area (Å²) in [5, 5.41) is 1.70. The predicted molar refractivity (Wildman–Crippen MR) is 92.5 cm³/mol. The Kier molecular flexibility index (Phi) is 4.09. The van der Waals surface area contributed by atoms with Crippen molar-refractivity contribution in [2.45, 2.75) is 6.92 Å². The van der Waals surface area contributed by atoms with Crippen molar-refractivity contribution in [1.82, 2.24) is 9.29 Å². The molecule has 0 spiro atoms. The van der Waals surface area contributed by atoms with Crippen LogP contribution in [0.15, 0.2) is 12.1 Å². The molecule has 1 saturated heterocycles. The summed E-state index contributed by atoms with van der Waals surface area (Å²) in [6.45, 7) is 4.24. The maximum atomic E-state index is 11.4. The van der Waals surface area contributed by atoms with Gasteiger partial charge in [-0.2, -0.15) is 0 Å². The number of anilines is 1. The lowest BCUT2D eigenvalue weighted by Crippen LogP contribution is -2.51. The minimum atomic E-state index is -3.10. The molecule has 120 valence electrons. The fourth-order valence-electron chi connectivity index (χ4n) is 2.57. The van der Waals surface area contributed by atoms with Gasteiger partial charge < -0.3 is 4.90 Å². The molecule has 0 N–H and O–H groups in total. The van der Waals surface area contributed by atoms with Crippen molar-refractivity contribution in [3.63, 3.8) is 0 Å². The first kappa shape index (κ1) is 16.0. The molecule has 1 aliphatic heterocycles. The zero-order chi connectivity index (χ0) is 16.1. The van der Waals surface area contributed by atoms with E-state index in [1.54, 1.807) is 18.4 Å². The van der Waals surface area contributed by atoms with Crippen LogP contribution >= 0.6 is 22.9 Å². The number of aryl methyl sites for hydroxylation is 1. The molecule has 0 unspecified atom stereocenters. The van der Waals surface area contributed by atoms with Gasteiger partial charge in [-0.15, -0.1) is 0 Å². The van der Waals surface area contributed by atoms with Gasteiger partial charge in [0.1, 0.15) is 0 Å². The molecule has 1 aliphatic rings. The maximum Gasteiger partial charge on any atom is 0.210 e. The van der Waals surface area contributed by atoms with Crippen molar-refractivity contribution in [1.29, 1.82) is 0 Å². The fraction of sp³-hybridized carbons (Fsp3) is 0.500. The number of nitrogens with zero attached hydrogens (tertiary/aromatic N) is 3. The molecule has 22 heavy (non-hydrogen) atoms. The SMILES string of the molecule is Cc1ccc(Cl)c2sc(N3CC(CN(C)S(C)(=O)=O)C3)nc12. The van der Waals surface area contributed by atoms with Gasteiger partial charge in [-0.05, 0) is 18.6 Å². The van der Waals surface area contributed by atoms with Crippen LogP contribution in [0.3, 0.4) is 0 Å². The van der Waals surface area contributed by atoms with Crippen molar-refractivity contribution in [2.24, 2.45) is 5.92 Å². The average molecular weight is 360 g/mol. The first-order chi connectivity index (χ1) is 10.3. The summed E-state index contributed by atoms with van der Waals surface area (Å²) in [4.78, 5) is 6.87. The van der Waals surface area contributed by atoms with Gasteiger partial charge in [0.15, 0.2) is 5.13 Å². The molecular formula is C14H18ClN3O2S2. The number of rotatable bonds is 4. The Morgan fingerprint density at radius 1 is 1.45 bits per heavy atom. The summed E-state index contributed by atoms with van der Waals surface area (Å²) in [6, 6.07) is 3.88. The molecule has 0 atom stereocenters. The lowest BCUT2D eigenvalue weighted by molar-refractivity contribution is 0.328. The zero-order valence-electron chi connectivity index (χ0n) is 12.7. The smallest absolute Gasteiger partial charge is 0.210 e. The summed E-state index contributed by atoms with van der Waals surface area (Å²) in [5.41, 5.74) is 2.08. The molecular weight excluding hydrogens is 342 g/mol. The van der Waals surface area contributed by atoms with Gasteiger partial charge in [-0.3, -0.25) is 0 Å². The van der Waals surface area contributed by atoms with E-state index in [1.807, 2.05) is 19.1 Å². The Morgan fingerprint density at radius 3 is 2.73 bits per heavy atom. The van der Waals surface area contributed by atoms with E-state index in [1.165, 1.54) is 10.6 Å². The second kappa shape index (κ2) is 5.63. The van der Waals surface area contributed by atoms with E-state index < -0.39 is 10.0 Å². The molecule has 8 heteroatoms. The van der Waals surface area contributed by atoms with Crippen LogP contribution in [0.2, 0.25) is 5.02 Å². The molecule has 3 rings (SSSR count). The first-order valence-corrected chi connectivity index (χ1v) is 10.0. The van der Waals surface area contributed by atoms with E-state index in [0.717, 1.165) is 39.0 Å². The minimum absolute atomic E-state index is 0.350. The van der Waals surface area contributed by atoms with Crippen molar-refractivity contribution in [2.75, 3.05) is 37.8 Å². The van der Waals surface area contributed by atoms with Crippen LogP contribution in [0, 0.1) is 12.8 Å². The van der Waals surface area contributed by atoms with E-state index in [0.29, 0.717) is 12.5 Å². The normalized spacial score (nSPS) is 16.5. The number of fused-ring (bicyclic) bond motifs is 1. The molecule has 0 bridgehead atoms. The highest BCUT2D eigenvalue weighted by molar-refractivity contribution is 7.88. The van der Waals surface area contributed by atoms with E-state index in [-0.39, 0.29) is 0 Å². The summed E-state index contributed by atoms with van der Waals surface area (Å²) < 4.78 is 25.3. The Balaban J connectivity index is 1.71. The van der Waals surface area contributed by atoms with Crippen molar-refractivity contribution < 1.29 is 8.42 Å². The van der Waals surface area contributed by atoms with Gasteiger partial charge in [0.2, 0.25) is 10.0 Å². The lowest BCUT2D eigenvalue weighted by Gasteiger charge is -2.40. The van der Waals surface area contributed by atoms with Crippen LogP contribution in [0.4, 0.5) is 5.13 Å². The van der Waals surface area contributed by atoms with Crippen LogP contribution in [0.25, 0.3) is 10.2 Å². The van der Waals surface area contributed by atoms with Gasteiger partial charge in [0.05, 0.1) is 21.5 Å². The highest BCUT2D eigenvalue weighted by atomic mass is 35.5.